The van der Waals surface area contributed by atoms with Gasteiger partial charge in [0.2, 0.25) is 5.95 Å². The van der Waals surface area contributed by atoms with Gasteiger partial charge >= 0.3 is 0 Å². The monoisotopic (exact) mass is 488 g/mol. The largest absolute Gasteiger partial charge is 0.369 e. The van der Waals surface area contributed by atoms with Crippen LogP contribution in [-0.4, -0.2) is 73.4 Å². The molecule has 2 aliphatic rings. The maximum absolute atomic E-state index is 12.4. The fraction of sp³-hybridized carbons (Fsp3) is 0.625. The topological polar surface area (TPSA) is 107 Å². The molecule has 2 aliphatic heterocycles. The van der Waals surface area contributed by atoms with Gasteiger partial charge in [0.05, 0.1) is 18.8 Å². The minimum absolute atomic E-state index is 0.118. The number of alkyl halides is 1. The molecule has 4 heterocycles. The van der Waals surface area contributed by atoms with Crippen molar-refractivity contribution in [1.82, 2.24) is 24.4 Å². The quantitative estimate of drug-likeness (QED) is 0.298. The summed E-state index contributed by atoms with van der Waals surface area (Å²) in [4.78, 5) is 29.6. The maximum atomic E-state index is 12.4. The van der Waals surface area contributed by atoms with E-state index in [1.165, 1.54) is 0 Å². The van der Waals surface area contributed by atoms with Gasteiger partial charge in [-0.2, -0.15) is 4.98 Å². The Hall–Kier alpha value is -1.57. The minimum atomic E-state index is -0.691. The molecule has 4 atom stereocenters. The van der Waals surface area contributed by atoms with Crippen LogP contribution in [0.4, 0.5) is 5.95 Å². The number of ether oxygens (including phenoxy) is 3. The van der Waals surface area contributed by atoms with Gasteiger partial charge in [0.15, 0.2) is 23.2 Å². The van der Waals surface area contributed by atoms with Crippen molar-refractivity contribution in [3.8, 4) is 0 Å². The lowest BCUT2D eigenvalue weighted by molar-refractivity contribution is -0.193. The third kappa shape index (κ3) is 3.37. The highest BCUT2D eigenvalue weighted by molar-refractivity contribution is 14.1. The number of imidazole rings is 1. The molecule has 2 saturated heterocycles. The van der Waals surface area contributed by atoms with Crippen LogP contribution in [0.5, 0.6) is 0 Å². The number of halogens is 1. The molecule has 1 N–H and O–H groups in total. The van der Waals surface area contributed by atoms with Crippen LogP contribution in [0.25, 0.3) is 11.2 Å². The first-order valence-electron chi connectivity index (χ1n) is 8.53. The molecular weight excluding hydrogens is 467 g/mol. The lowest BCUT2D eigenvalue weighted by Crippen LogP contribution is -2.30. The minimum Gasteiger partial charge on any atom is -0.369 e. The van der Waals surface area contributed by atoms with Gasteiger partial charge in [-0.1, -0.05) is 22.6 Å². The van der Waals surface area contributed by atoms with Crippen LogP contribution in [0.15, 0.2) is 16.1 Å². The number of nitrogens with zero attached hydrogens (tertiary/aromatic N) is 5. The Morgan fingerprint density at radius 3 is 2.85 bits per heavy atom. The zero-order chi connectivity index (χ0) is 19.3. The zero-order valence-corrected chi connectivity index (χ0v) is 17.6. The predicted octanol–water partition coefficient (Wildman–Crippen LogP) is 1.19. The van der Waals surface area contributed by atoms with E-state index in [4.69, 9.17) is 14.2 Å². The van der Waals surface area contributed by atoms with Crippen molar-refractivity contribution in [3.63, 3.8) is 0 Å². The lowest BCUT2D eigenvalue weighted by Gasteiger charge is -2.24. The van der Waals surface area contributed by atoms with Crippen molar-refractivity contribution in [1.29, 1.82) is 0 Å². The summed E-state index contributed by atoms with van der Waals surface area (Å²) < 4.78 is 20.8. The summed E-state index contributed by atoms with van der Waals surface area (Å²) in [6.45, 7) is 3.77. The first kappa shape index (κ1) is 18.8. The number of rotatable bonds is 4. The molecule has 27 heavy (non-hydrogen) atoms. The van der Waals surface area contributed by atoms with Crippen molar-refractivity contribution < 1.29 is 14.2 Å². The molecule has 0 aliphatic carbocycles. The van der Waals surface area contributed by atoms with E-state index >= 15 is 0 Å². The number of fused-ring (bicyclic) bond motifs is 2. The number of hydrogen-bond donors (Lipinski definition) is 1. The SMILES string of the molecule is CN(C)/C=N/c1nc2c(ncn2[C@@H]2O[C@H](CI)C3OC(C)(C)OC32)c(=O)[nH]1. The molecule has 0 spiro atoms. The summed E-state index contributed by atoms with van der Waals surface area (Å²) in [7, 11) is 3.67. The van der Waals surface area contributed by atoms with Gasteiger partial charge in [0.25, 0.3) is 5.56 Å². The Morgan fingerprint density at radius 2 is 2.15 bits per heavy atom. The second kappa shape index (κ2) is 6.79. The van der Waals surface area contributed by atoms with Crippen LogP contribution in [0.3, 0.4) is 0 Å². The molecule has 0 radical (unpaired) electrons. The van der Waals surface area contributed by atoms with E-state index in [1.807, 2.05) is 27.9 Å². The molecule has 146 valence electrons. The van der Waals surface area contributed by atoms with E-state index in [0.717, 1.165) is 4.43 Å². The maximum Gasteiger partial charge on any atom is 0.280 e. The van der Waals surface area contributed by atoms with E-state index in [0.29, 0.717) is 5.65 Å². The van der Waals surface area contributed by atoms with Crippen molar-refractivity contribution in [2.24, 2.45) is 4.99 Å². The Morgan fingerprint density at radius 1 is 1.41 bits per heavy atom. The molecule has 0 bridgehead atoms. The highest BCUT2D eigenvalue weighted by Crippen LogP contribution is 2.44. The molecule has 2 fully saturated rings. The Balaban J connectivity index is 1.76. The van der Waals surface area contributed by atoms with Gasteiger partial charge in [-0.3, -0.25) is 14.3 Å². The molecule has 2 aromatic heterocycles. The van der Waals surface area contributed by atoms with Crippen LogP contribution in [-0.2, 0) is 14.2 Å². The molecule has 0 aromatic carbocycles. The van der Waals surface area contributed by atoms with Gasteiger partial charge < -0.3 is 19.1 Å². The van der Waals surface area contributed by atoms with Gasteiger partial charge in [-0.25, -0.2) is 9.98 Å². The number of hydrogen-bond acceptors (Lipinski definition) is 7. The standard InChI is InChI=1S/C16H21IN6O4/c1-16(2)26-10-8(5-17)25-14(11(10)27-16)23-7-18-9-12(23)20-15(21-13(9)24)19-6-22(3)4/h6-8,10-11,14H,5H2,1-4H3,(H,20,21,24)/b19-6+/t8-,10?,11?,14-/m1/s1. The van der Waals surface area contributed by atoms with E-state index in [1.54, 1.807) is 22.1 Å². The van der Waals surface area contributed by atoms with Crippen LogP contribution >= 0.6 is 22.6 Å². The summed E-state index contributed by atoms with van der Waals surface area (Å²) in [5.74, 6) is -0.490. The third-order valence-corrected chi connectivity index (χ3v) is 5.25. The number of nitrogens with one attached hydrogen (secondary N) is 1. The summed E-state index contributed by atoms with van der Waals surface area (Å²) in [5, 5.41) is 0. The molecule has 0 saturated carbocycles. The van der Waals surface area contributed by atoms with Crippen molar-refractivity contribution >= 4 is 46.0 Å². The zero-order valence-electron chi connectivity index (χ0n) is 15.4. The van der Waals surface area contributed by atoms with Crippen molar-refractivity contribution in [2.75, 3.05) is 18.5 Å². The summed E-state index contributed by atoms with van der Waals surface area (Å²) in [6, 6.07) is 0. The molecule has 11 heteroatoms. The fourth-order valence-electron chi connectivity index (χ4n) is 3.34. The third-order valence-electron chi connectivity index (χ3n) is 4.38. The van der Waals surface area contributed by atoms with Crippen molar-refractivity contribution in [3.05, 3.63) is 16.7 Å². The van der Waals surface area contributed by atoms with Crippen LogP contribution in [0, 0.1) is 0 Å². The second-order valence-electron chi connectivity index (χ2n) is 7.21. The smallest absolute Gasteiger partial charge is 0.280 e. The van der Waals surface area contributed by atoms with Crippen molar-refractivity contribution in [2.45, 2.75) is 44.2 Å². The predicted molar refractivity (Wildman–Crippen MR) is 107 cm³/mol. The van der Waals surface area contributed by atoms with E-state index in [2.05, 4.69) is 42.5 Å². The summed E-state index contributed by atoms with van der Waals surface area (Å²) in [5.41, 5.74) is 0.277. The molecular formula is C16H21IN6O4. The average molecular weight is 488 g/mol. The first-order chi connectivity index (χ1) is 12.8. The number of aromatic nitrogens is 4. The Bertz CT molecular complexity index is 939. The second-order valence-corrected chi connectivity index (χ2v) is 8.09. The van der Waals surface area contributed by atoms with Gasteiger partial charge in [0, 0.05) is 18.5 Å². The highest BCUT2D eigenvalue weighted by atomic mass is 127. The Kier molecular flexibility index (Phi) is 4.72. The number of aromatic amines is 1. The van der Waals surface area contributed by atoms with E-state index in [-0.39, 0.29) is 35.3 Å². The van der Waals surface area contributed by atoms with Gasteiger partial charge in [-0.15, -0.1) is 0 Å². The number of aliphatic imine (C=N–C) groups is 1. The van der Waals surface area contributed by atoms with Crippen LogP contribution in [0.1, 0.15) is 20.1 Å². The van der Waals surface area contributed by atoms with E-state index in [9.17, 15) is 4.79 Å². The summed E-state index contributed by atoms with van der Waals surface area (Å²) in [6.07, 6.45) is 2.02. The first-order valence-corrected chi connectivity index (χ1v) is 10.1. The highest BCUT2D eigenvalue weighted by Gasteiger charge is 2.55. The van der Waals surface area contributed by atoms with Gasteiger partial charge in [0.1, 0.15) is 12.2 Å². The normalized spacial score (nSPS) is 29.7. The van der Waals surface area contributed by atoms with Crippen LogP contribution in [0.2, 0.25) is 0 Å². The average Bonchev–Trinajstić information content (AvgIpc) is 3.23. The van der Waals surface area contributed by atoms with Crippen LogP contribution < -0.4 is 5.56 Å². The Labute approximate surface area is 169 Å². The number of H-pyrrole nitrogens is 1. The summed E-state index contributed by atoms with van der Waals surface area (Å²) >= 11 is 2.27. The molecule has 10 nitrogen and oxygen atoms in total. The molecule has 2 aromatic rings. The molecule has 4 rings (SSSR count). The van der Waals surface area contributed by atoms with Gasteiger partial charge in [-0.05, 0) is 13.8 Å². The molecule has 2 unspecified atom stereocenters. The lowest BCUT2D eigenvalue weighted by atomic mass is 10.1. The molecule has 0 amide bonds. The van der Waals surface area contributed by atoms with E-state index < -0.39 is 12.0 Å². The fourth-order valence-corrected chi connectivity index (χ4v) is 4.05.